The van der Waals surface area contributed by atoms with Crippen molar-refractivity contribution in [1.29, 1.82) is 5.26 Å². The molecule has 0 spiro atoms. The van der Waals surface area contributed by atoms with Crippen LogP contribution in [0.3, 0.4) is 0 Å². The van der Waals surface area contributed by atoms with Crippen LogP contribution in [0.25, 0.3) is 0 Å². The van der Waals surface area contributed by atoms with Gasteiger partial charge < -0.3 is 5.32 Å². The molecular formula is C16H23N3. The highest BCUT2D eigenvalue weighted by Crippen LogP contribution is 2.29. The summed E-state index contributed by atoms with van der Waals surface area (Å²) in [6, 6.07) is 6.44. The van der Waals surface area contributed by atoms with E-state index in [-0.39, 0.29) is 0 Å². The van der Waals surface area contributed by atoms with Crippen LogP contribution in [0.2, 0.25) is 0 Å². The van der Waals surface area contributed by atoms with Crippen molar-refractivity contribution in [1.82, 2.24) is 4.98 Å². The molecular weight excluding hydrogens is 234 g/mol. The molecule has 1 fully saturated rings. The molecule has 0 unspecified atom stereocenters. The lowest BCUT2D eigenvalue weighted by Gasteiger charge is -2.29. The van der Waals surface area contributed by atoms with Crippen LogP contribution in [0.1, 0.15) is 56.7 Å². The molecule has 0 aromatic carbocycles. The summed E-state index contributed by atoms with van der Waals surface area (Å²) in [6.07, 6.45) is 7.66. The molecule has 0 atom stereocenters. The normalized spacial score (nSPS) is 22.8. The SMILES string of the molecule is CCCC1CCC(Nc2nc(C)ccc2C#N)CC1. The second kappa shape index (κ2) is 6.56. The van der Waals surface area contributed by atoms with Crippen LogP contribution in [0.5, 0.6) is 0 Å². The minimum absolute atomic E-state index is 0.481. The highest BCUT2D eigenvalue weighted by molar-refractivity contribution is 5.52. The third-order valence-corrected chi connectivity index (χ3v) is 4.04. The Morgan fingerprint density at radius 3 is 2.68 bits per heavy atom. The number of hydrogen-bond acceptors (Lipinski definition) is 3. The lowest BCUT2D eigenvalue weighted by molar-refractivity contribution is 0.318. The molecule has 1 heterocycles. The van der Waals surface area contributed by atoms with Gasteiger partial charge in [-0.15, -0.1) is 0 Å². The van der Waals surface area contributed by atoms with Crippen molar-refractivity contribution in [2.24, 2.45) is 5.92 Å². The number of nitrogens with one attached hydrogen (secondary N) is 1. The van der Waals surface area contributed by atoms with E-state index in [4.69, 9.17) is 5.26 Å². The van der Waals surface area contributed by atoms with Crippen LogP contribution in [-0.2, 0) is 0 Å². The van der Waals surface area contributed by atoms with Gasteiger partial charge in [0.15, 0.2) is 0 Å². The number of anilines is 1. The third-order valence-electron chi connectivity index (χ3n) is 4.04. The average Bonchev–Trinajstić information content (AvgIpc) is 2.42. The number of pyridine rings is 1. The second-order valence-electron chi connectivity index (χ2n) is 5.61. The van der Waals surface area contributed by atoms with Crippen molar-refractivity contribution in [3.05, 3.63) is 23.4 Å². The maximum Gasteiger partial charge on any atom is 0.144 e. The summed E-state index contributed by atoms with van der Waals surface area (Å²) in [7, 11) is 0. The first-order chi connectivity index (χ1) is 9.22. The Morgan fingerprint density at radius 1 is 1.32 bits per heavy atom. The third kappa shape index (κ3) is 3.70. The lowest BCUT2D eigenvalue weighted by Crippen LogP contribution is -2.27. The number of aromatic nitrogens is 1. The predicted molar refractivity (Wildman–Crippen MR) is 78.0 cm³/mol. The molecule has 0 aliphatic heterocycles. The van der Waals surface area contributed by atoms with Gasteiger partial charge in [-0.3, -0.25) is 0 Å². The van der Waals surface area contributed by atoms with Crippen LogP contribution >= 0.6 is 0 Å². The Labute approximate surface area is 116 Å². The molecule has 1 N–H and O–H groups in total. The van der Waals surface area contributed by atoms with E-state index >= 15 is 0 Å². The first-order valence-electron chi connectivity index (χ1n) is 7.37. The molecule has 19 heavy (non-hydrogen) atoms. The van der Waals surface area contributed by atoms with E-state index in [1.807, 2.05) is 19.1 Å². The van der Waals surface area contributed by atoms with E-state index in [1.54, 1.807) is 0 Å². The first kappa shape index (κ1) is 13.9. The molecule has 3 nitrogen and oxygen atoms in total. The summed E-state index contributed by atoms with van der Waals surface area (Å²) in [4.78, 5) is 4.46. The first-order valence-corrected chi connectivity index (χ1v) is 7.37. The van der Waals surface area contributed by atoms with Crippen molar-refractivity contribution in [2.75, 3.05) is 5.32 Å². The molecule has 1 aromatic rings. The number of nitriles is 1. The molecule has 0 amide bonds. The van der Waals surface area contributed by atoms with E-state index in [0.717, 1.165) is 17.4 Å². The molecule has 2 rings (SSSR count). The fourth-order valence-corrected chi connectivity index (χ4v) is 2.95. The average molecular weight is 257 g/mol. The summed E-state index contributed by atoms with van der Waals surface area (Å²) in [5.41, 5.74) is 1.61. The van der Waals surface area contributed by atoms with Crippen molar-refractivity contribution >= 4 is 5.82 Å². The summed E-state index contributed by atoms with van der Waals surface area (Å²) < 4.78 is 0. The van der Waals surface area contributed by atoms with Crippen LogP contribution in [-0.4, -0.2) is 11.0 Å². The number of nitrogens with zero attached hydrogens (tertiary/aromatic N) is 2. The predicted octanol–water partition coefficient (Wildman–Crippen LogP) is 4.03. The van der Waals surface area contributed by atoms with Gasteiger partial charge in [0.25, 0.3) is 0 Å². The highest BCUT2D eigenvalue weighted by Gasteiger charge is 2.21. The van der Waals surface area contributed by atoms with Gasteiger partial charge in [-0.25, -0.2) is 4.98 Å². The maximum absolute atomic E-state index is 9.12. The Bertz CT molecular complexity index is 454. The summed E-state index contributed by atoms with van der Waals surface area (Å²) in [5.74, 6) is 1.67. The van der Waals surface area contributed by atoms with Crippen molar-refractivity contribution < 1.29 is 0 Å². The number of hydrogen-bond donors (Lipinski definition) is 1. The second-order valence-corrected chi connectivity index (χ2v) is 5.61. The highest BCUT2D eigenvalue weighted by atomic mass is 15.0. The largest absolute Gasteiger partial charge is 0.366 e. The smallest absolute Gasteiger partial charge is 0.144 e. The molecule has 0 radical (unpaired) electrons. The van der Waals surface area contributed by atoms with Gasteiger partial charge in [0.2, 0.25) is 0 Å². The van der Waals surface area contributed by atoms with Gasteiger partial charge >= 0.3 is 0 Å². The Kier molecular flexibility index (Phi) is 4.79. The van der Waals surface area contributed by atoms with E-state index < -0.39 is 0 Å². The van der Waals surface area contributed by atoms with Crippen LogP contribution in [0.15, 0.2) is 12.1 Å². The van der Waals surface area contributed by atoms with E-state index in [0.29, 0.717) is 11.6 Å². The van der Waals surface area contributed by atoms with Crippen LogP contribution in [0, 0.1) is 24.2 Å². The molecule has 0 bridgehead atoms. The summed E-state index contributed by atoms with van der Waals surface area (Å²) in [6.45, 7) is 4.23. The molecule has 3 heteroatoms. The van der Waals surface area contributed by atoms with Gasteiger partial charge in [-0.05, 0) is 50.7 Å². The van der Waals surface area contributed by atoms with Gasteiger partial charge in [0, 0.05) is 11.7 Å². The van der Waals surface area contributed by atoms with Crippen molar-refractivity contribution in [2.45, 2.75) is 58.4 Å². The van der Waals surface area contributed by atoms with Crippen LogP contribution in [0.4, 0.5) is 5.82 Å². The molecule has 1 aromatic heterocycles. The Balaban J connectivity index is 1.96. The summed E-state index contributed by atoms with van der Waals surface area (Å²) >= 11 is 0. The molecule has 1 aliphatic carbocycles. The zero-order valence-corrected chi connectivity index (χ0v) is 11.9. The Morgan fingerprint density at radius 2 is 2.05 bits per heavy atom. The van der Waals surface area contributed by atoms with Crippen molar-refractivity contribution in [3.8, 4) is 6.07 Å². The monoisotopic (exact) mass is 257 g/mol. The minimum atomic E-state index is 0.481. The van der Waals surface area contributed by atoms with E-state index in [1.165, 1.54) is 38.5 Å². The number of rotatable bonds is 4. The molecule has 1 saturated carbocycles. The topological polar surface area (TPSA) is 48.7 Å². The van der Waals surface area contributed by atoms with Gasteiger partial charge in [0.05, 0.1) is 5.56 Å². The molecule has 102 valence electrons. The van der Waals surface area contributed by atoms with Crippen molar-refractivity contribution in [3.63, 3.8) is 0 Å². The number of aryl methyl sites for hydroxylation is 1. The fraction of sp³-hybridized carbons (Fsp3) is 0.625. The zero-order chi connectivity index (χ0) is 13.7. The Hall–Kier alpha value is -1.56. The van der Waals surface area contributed by atoms with Gasteiger partial charge in [0.1, 0.15) is 11.9 Å². The van der Waals surface area contributed by atoms with E-state index in [9.17, 15) is 0 Å². The summed E-state index contributed by atoms with van der Waals surface area (Å²) in [5, 5.41) is 12.6. The van der Waals surface area contributed by atoms with Gasteiger partial charge in [-0.1, -0.05) is 19.8 Å². The molecule has 0 saturated heterocycles. The maximum atomic E-state index is 9.12. The zero-order valence-electron chi connectivity index (χ0n) is 11.9. The van der Waals surface area contributed by atoms with E-state index in [2.05, 4.69) is 23.3 Å². The minimum Gasteiger partial charge on any atom is -0.366 e. The lowest BCUT2D eigenvalue weighted by atomic mass is 9.83. The standard InChI is InChI=1S/C16H23N3/c1-3-4-13-6-9-15(10-7-13)19-16-14(11-17)8-5-12(2)18-16/h5,8,13,15H,3-4,6-7,9-10H2,1-2H3,(H,18,19). The molecule has 1 aliphatic rings. The fourth-order valence-electron chi connectivity index (χ4n) is 2.95. The quantitative estimate of drug-likeness (QED) is 0.885. The van der Waals surface area contributed by atoms with Crippen LogP contribution < -0.4 is 5.32 Å². The van der Waals surface area contributed by atoms with Gasteiger partial charge in [-0.2, -0.15) is 5.26 Å².